The van der Waals surface area contributed by atoms with Gasteiger partial charge in [-0.15, -0.1) is 11.3 Å². The van der Waals surface area contributed by atoms with Crippen molar-refractivity contribution in [2.45, 2.75) is 26.3 Å². The average Bonchev–Trinajstić information content (AvgIpc) is 3.03. The van der Waals surface area contributed by atoms with Gasteiger partial charge in [0.25, 0.3) is 5.91 Å². The molecule has 21 heavy (non-hydrogen) atoms. The van der Waals surface area contributed by atoms with Gasteiger partial charge in [0.05, 0.1) is 0 Å². The van der Waals surface area contributed by atoms with Gasteiger partial charge in [-0.3, -0.25) is 4.79 Å². The fourth-order valence-corrected chi connectivity index (χ4v) is 4.25. The van der Waals surface area contributed by atoms with Crippen LogP contribution in [-0.4, -0.2) is 47.9 Å². The Morgan fingerprint density at radius 1 is 1.43 bits per heavy atom. The van der Waals surface area contributed by atoms with Crippen LogP contribution in [0.1, 0.15) is 35.3 Å². The Kier molecular flexibility index (Phi) is 4.13. The third kappa shape index (κ3) is 3.19. The van der Waals surface area contributed by atoms with Crippen LogP contribution >= 0.6 is 11.3 Å². The number of hydrogen-bond donors (Lipinski definition) is 0. The number of fused-ring (bicyclic) bond motifs is 1. The zero-order valence-corrected chi connectivity index (χ0v) is 13.8. The van der Waals surface area contributed by atoms with E-state index in [2.05, 4.69) is 22.9 Å². The van der Waals surface area contributed by atoms with Gasteiger partial charge in [0.1, 0.15) is 10.7 Å². The van der Waals surface area contributed by atoms with Crippen LogP contribution in [0.2, 0.25) is 0 Å². The molecule has 0 bridgehead atoms. The van der Waals surface area contributed by atoms with Crippen molar-refractivity contribution in [3.8, 4) is 0 Å². The number of nitrogens with zero attached hydrogens (tertiary/aromatic N) is 3. The lowest BCUT2D eigenvalue weighted by Crippen LogP contribution is -2.29. The lowest BCUT2D eigenvalue weighted by molar-refractivity contribution is 0.0779. The highest BCUT2D eigenvalue weighted by Gasteiger charge is 2.37. The number of carbonyl (C=O) groups excluding carboxylic acids is 1. The van der Waals surface area contributed by atoms with E-state index >= 15 is 0 Å². The minimum Gasteiger partial charge on any atom is -0.337 e. The molecule has 0 saturated carbocycles. The first kappa shape index (κ1) is 14.7. The van der Waals surface area contributed by atoms with Gasteiger partial charge in [0.15, 0.2) is 0 Å². The lowest BCUT2D eigenvalue weighted by Gasteiger charge is -2.21. The van der Waals surface area contributed by atoms with Crippen molar-refractivity contribution in [1.82, 2.24) is 14.8 Å². The van der Waals surface area contributed by atoms with Gasteiger partial charge in [-0.2, -0.15) is 0 Å². The molecule has 1 saturated heterocycles. The molecule has 5 heteroatoms. The molecule has 1 fully saturated rings. The van der Waals surface area contributed by atoms with Crippen LogP contribution in [0.5, 0.6) is 0 Å². The largest absolute Gasteiger partial charge is 0.337 e. The van der Waals surface area contributed by atoms with Crippen molar-refractivity contribution in [2.24, 2.45) is 11.8 Å². The molecule has 4 nitrogen and oxygen atoms in total. The fourth-order valence-electron chi connectivity index (χ4n) is 3.37. The van der Waals surface area contributed by atoms with Gasteiger partial charge in [-0.25, -0.2) is 4.98 Å². The van der Waals surface area contributed by atoms with Crippen molar-refractivity contribution >= 4 is 17.2 Å². The van der Waals surface area contributed by atoms with Crippen LogP contribution < -0.4 is 0 Å². The summed E-state index contributed by atoms with van der Waals surface area (Å²) < 4.78 is 0. The van der Waals surface area contributed by atoms with Crippen molar-refractivity contribution in [3.05, 3.63) is 27.7 Å². The molecule has 0 aromatic carbocycles. The van der Waals surface area contributed by atoms with Gasteiger partial charge in [0.2, 0.25) is 0 Å². The second-order valence-corrected chi connectivity index (χ2v) is 7.53. The quantitative estimate of drug-likeness (QED) is 0.806. The zero-order valence-electron chi connectivity index (χ0n) is 13.0. The van der Waals surface area contributed by atoms with Crippen LogP contribution in [0.3, 0.4) is 0 Å². The molecule has 2 atom stereocenters. The van der Waals surface area contributed by atoms with E-state index in [9.17, 15) is 4.79 Å². The normalized spacial score (nSPS) is 25.1. The Morgan fingerprint density at radius 2 is 2.19 bits per heavy atom. The van der Waals surface area contributed by atoms with Crippen LogP contribution in [0.15, 0.2) is 17.0 Å². The van der Waals surface area contributed by atoms with Crippen LogP contribution in [-0.2, 0) is 6.54 Å². The number of rotatable bonds is 3. The van der Waals surface area contributed by atoms with Crippen LogP contribution in [0.4, 0.5) is 0 Å². The van der Waals surface area contributed by atoms with Gasteiger partial charge in [-0.1, -0.05) is 11.6 Å². The van der Waals surface area contributed by atoms with Crippen molar-refractivity contribution < 1.29 is 4.79 Å². The minimum absolute atomic E-state index is 0.114. The maximum absolute atomic E-state index is 12.6. The Bertz CT molecular complexity index is 564. The predicted molar refractivity (Wildman–Crippen MR) is 85.4 cm³/mol. The Morgan fingerprint density at radius 3 is 2.95 bits per heavy atom. The molecular weight excluding hydrogens is 282 g/mol. The number of aromatic nitrogens is 1. The summed E-state index contributed by atoms with van der Waals surface area (Å²) >= 11 is 1.58. The molecule has 3 rings (SSSR count). The molecule has 1 aliphatic heterocycles. The van der Waals surface area contributed by atoms with E-state index in [0.717, 1.165) is 37.5 Å². The molecule has 1 aromatic heterocycles. The second-order valence-electron chi connectivity index (χ2n) is 6.58. The summed E-state index contributed by atoms with van der Waals surface area (Å²) in [5, 5.41) is 2.92. The summed E-state index contributed by atoms with van der Waals surface area (Å²) in [5.41, 5.74) is 2.10. The van der Waals surface area contributed by atoms with E-state index in [1.807, 2.05) is 24.4 Å². The molecule has 1 amide bonds. The molecule has 2 aliphatic rings. The van der Waals surface area contributed by atoms with E-state index in [4.69, 9.17) is 0 Å². The number of likely N-dealkylation sites (tertiary alicyclic amines) is 1. The number of allylic oxidation sites excluding steroid dienone is 2. The Labute approximate surface area is 130 Å². The third-order valence-electron chi connectivity index (χ3n) is 4.44. The number of amides is 1. The number of hydrogen-bond acceptors (Lipinski definition) is 4. The summed E-state index contributed by atoms with van der Waals surface area (Å²) in [5.74, 6) is 1.42. The second kappa shape index (κ2) is 5.89. The first-order valence-electron chi connectivity index (χ1n) is 7.57. The third-order valence-corrected chi connectivity index (χ3v) is 5.27. The van der Waals surface area contributed by atoms with Gasteiger partial charge in [-0.05, 0) is 45.7 Å². The fraction of sp³-hybridized carbons (Fsp3) is 0.625. The number of thiazole rings is 1. The highest BCUT2D eigenvalue weighted by molar-refractivity contribution is 7.09. The van der Waals surface area contributed by atoms with E-state index < -0.39 is 0 Å². The van der Waals surface area contributed by atoms with Crippen molar-refractivity contribution in [1.29, 1.82) is 0 Å². The zero-order chi connectivity index (χ0) is 15.0. The van der Waals surface area contributed by atoms with E-state index in [-0.39, 0.29) is 5.91 Å². The molecule has 0 N–H and O–H groups in total. The predicted octanol–water partition coefficient (Wildman–Crippen LogP) is 2.63. The average molecular weight is 305 g/mol. The summed E-state index contributed by atoms with van der Waals surface area (Å²) in [6.07, 6.45) is 4.62. The first-order chi connectivity index (χ1) is 10.0. The molecule has 0 spiro atoms. The summed E-state index contributed by atoms with van der Waals surface area (Å²) in [4.78, 5) is 21.2. The molecule has 1 aliphatic carbocycles. The van der Waals surface area contributed by atoms with Gasteiger partial charge in [0, 0.05) is 25.0 Å². The SMILES string of the molecule is CC1=CC[C@@H]2CN(C(=O)c3csc(CN(C)C)n3)C[C@@H]2C1. The Hall–Kier alpha value is -1.20. The minimum atomic E-state index is 0.114. The maximum Gasteiger partial charge on any atom is 0.273 e. The van der Waals surface area contributed by atoms with Crippen molar-refractivity contribution in [3.63, 3.8) is 0 Å². The molecular formula is C16H23N3OS. The van der Waals surface area contributed by atoms with Crippen molar-refractivity contribution in [2.75, 3.05) is 27.2 Å². The lowest BCUT2D eigenvalue weighted by atomic mass is 9.83. The smallest absolute Gasteiger partial charge is 0.273 e. The maximum atomic E-state index is 12.6. The molecule has 2 heterocycles. The number of carbonyl (C=O) groups is 1. The summed E-state index contributed by atoms with van der Waals surface area (Å²) in [6.45, 7) is 4.80. The van der Waals surface area contributed by atoms with Gasteiger partial charge >= 0.3 is 0 Å². The molecule has 0 radical (unpaired) electrons. The molecule has 1 aromatic rings. The molecule has 114 valence electrons. The van der Waals surface area contributed by atoms with Crippen LogP contribution in [0.25, 0.3) is 0 Å². The summed E-state index contributed by atoms with van der Waals surface area (Å²) in [6, 6.07) is 0. The van der Waals surface area contributed by atoms with Crippen LogP contribution in [0, 0.1) is 11.8 Å². The van der Waals surface area contributed by atoms with E-state index in [0.29, 0.717) is 17.5 Å². The Balaban J connectivity index is 1.65. The highest BCUT2D eigenvalue weighted by Crippen LogP contribution is 2.36. The standard InChI is InChI=1S/C16H23N3OS/c1-11-4-5-12-7-19(8-13(12)6-11)16(20)14-10-21-15(17-14)9-18(2)3/h4,10,12-13H,5-9H2,1-3H3/t12-,13+/m1/s1. The first-order valence-corrected chi connectivity index (χ1v) is 8.45. The highest BCUT2D eigenvalue weighted by atomic mass is 32.1. The van der Waals surface area contributed by atoms with E-state index in [1.54, 1.807) is 11.3 Å². The monoisotopic (exact) mass is 305 g/mol. The van der Waals surface area contributed by atoms with E-state index in [1.165, 1.54) is 5.57 Å². The summed E-state index contributed by atoms with van der Waals surface area (Å²) in [7, 11) is 4.03. The molecule has 0 unspecified atom stereocenters. The topological polar surface area (TPSA) is 36.4 Å². The van der Waals surface area contributed by atoms with Gasteiger partial charge < -0.3 is 9.80 Å².